The lowest BCUT2D eigenvalue weighted by atomic mass is 10.0. The van der Waals surface area contributed by atoms with Gasteiger partial charge in [0.1, 0.15) is 0 Å². The van der Waals surface area contributed by atoms with Crippen LogP contribution >= 0.6 is 0 Å². The predicted octanol–water partition coefficient (Wildman–Crippen LogP) is 1.25. The third-order valence-electron chi connectivity index (χ3n) is 3.49. The molecule has 6 heteroatoms. The van der Waals surface area contributed by atoms with Crippen LogP contribution in [0.2, 0.25) is 0 Å². The van der Waals surface area contributed by atoms with E-state index in [9.17, 15) is 13.2 Å². The minimum absolute atomic E-state index is 0.0112. The van der Waals surface area contributed by atoms with Gasteiger partial charge in [-0.25, -0.2) is 8.42 Å². The van der Waals surface area contributed by atoms with Crippen molar-refractivity contribution in [1.82, 2.24) is 4.31 Å². The van der Waals surface area contributed by atoms with Crippen molar-refractivity contribution in [3.63, 3.8) is 0 Å². The molecule has 0 aromatic heterocycles. The molecule has 110 valence electrons. The van der Waals surface area contributed by atoms with E-state index in [-0.39, 0.29) is 22.6 Å². The summed E-state index contributed by atoms with van der Waals surface area (Å²) in [5.41, 5.74) is 6.29. The SMILES string of the molecule is CC(C)C(=O)c1ccc(S(=O)(=O)N2CC[C@H](N)C2)cc1. The van der Waals surface area contributed by atoms with Crippen LogP contribution in [0, 0.1) is 5.92 Å². The van der Waals surface area contributed by atoms with E-state index in [0.717, 1.165) is 0 Å². The smallest absolute Gasteiger partial charge is 0.243 e. The van der Waals surface area contributed by atoms with Gasteiger partial charge in [-0.3, -0.25) is 4.79 Å². The van der Waals surface area contributed by atoms with Gasteiger partial charge in [-0.15, -0.1) is 0 Å². The van der Waals surface area contributed by atoms with E-state index in [0.29, 0.717) is 25.1 Å². The fraction of sp³-hybridized carbons (Fsp3) is 0.500. The van der Waals surface area contributed by atoms with Crippen molar-refractivity contribution in [2.75, 3.05) is 13.1 Å². The summed E-state index contributed by atoms with van der Waals surface area (Å²) in [5, 5.41) is 0. The maximum atomic E-state index is 12.4. The molecule has 0 aliphatic carbocycles. The van der Waals surface area contributed by atoms with Crippen LogP contribution in [0.1, 0.15) is 30.6 Å². The zero-order chi connectivity index (χ0) is 14.9. The number of carbonyl (C=O) groups excluding carboxylic acids is 1. The number of hydrogen-bond donors (Lipinski definition) is 1. The van der Waals surface area contributed by atoms with Crippen molar-refractivity contribution in [2.24, 2.45) is 11.7 Å². The lowest BCUT2D eigenvalue weighted by Crippen LogP contribution is -2.32. The van der Waals surface area contributed by atoms with Crippen LogP contribution in [-0.2, 0) is 10.0 Å². The molecule has 0 unspecified atom stereocenters. The summed E-state index contributed by atoms with van der Waals surface area (Å²) in [6, 6.07) is 6.05. The summed E-state index contributed by atoms with van der Waals surface area (Å²) in [5.74, 6) is -0.0915. The van der Waals surface area contributed by atoms with Crippen LogP contribution < -0.4 is 5.73 Å². The molecule has 0 radical (unpaired) electrons. The van der Waals surface area contributed by atoms with Gasteiger partial charge < -0.3 is 5.73 Å². The molecule has 1 saturated heterocycles. The van der Waals surface area contributed by atoms with Crippen LogP contribution in [0.15, 0.2) is 29.2 Å². The number of hydrogen-bond acceptors (Lipinski definition) is 4. The van der Waals surface area contributed by atoms with E-state index in [1.165, 1.54) is 16.4 Å². The second kappa shape index (κ2) is 5.63. The van der Waals surface area contributed by atoms with E-state index in [1.54, 1.807) is 12.1 Å². The fourth-order valence-electron chi connectivity index (χ4n) is 2.25. The van der Waals surface area contributed by atoms with Crippen LogP contribution in [0.3, 0.4) is 0 Å². The Balaban J connectivity index is 2.23. The highest BCUT2D eigenvalue weighted by molar-refractivity contribution is 7.89. The Morgan fingerprint density at radius 2 is 1.90 bits per heavy atom. The topological polar surface area (TPSA) is 80.5 Å². The summed E-state index contributed by atoms with van der Waals surface area (Å²) < 4.78 is 26.2. The van der Waals surface area contributed by atoms with E-state index < -0.39 is 10.0 Å². The van der Waals surface area contributed by atoms with E-state index in [2.05, 4.69) is 0 Å². The average Bonchev–Trinajstić information content (AvgIpc) is 2.85. The second-order valence-corrected chi connectivity index (χ2v) is 7.39. The van der Waals surface area contributed by atoms with Crippen LogP contribution in [-0.4, -0.2) is 37.6 Å². The highest BCUT2D eigenvalue weighted by Crippen LogP contribution is 2.21. The number of carbonyl (C=O) groups is 1. The summed E-state index contributed by atoms with van der Waals surface area (Å²) in [4.78, 5) is 12.0. The van der Waals surface area contributed by atoms with Crippen molar-refractivity contribution in [2.45, 2.75) is 31.2 Å². The molecule has 1 fully saturated rings. The molecule has 2 rings (SSSR count). The number of rotatable bonds is 4. The summed E-state index contributed by atoms with van der Waals surface area (Å²) >= 11 is 0. The van der Waals surface area contributed by atoms with Gasteiger partial charge in [-0.1, -0.05) is 26.0 Å². The molecular weight excluding hydrogens is 276 g/mol. The average molecular weight is 296 g/mol. The van der Waals surface area contributed by atoms with E-state index >= 15 is 0 Å². The Hall–Kier alpha value is -1.24. The van der Waals surface area contributed by atoms with Crippen LogP contribution in [0.5, 0.6) is 0 Å². The molecule has 1 aliphatic heterocycles. The van der Waals surface area contributed by atoms with Crippen molar-refractivity contribution < 1.29 is 13.2 Å². The van der Waals surface area contributed by atoms with Gasteiger partial charge in [-0.2, -0.15) is 4.31 Å². The normalized spacial score (nSPS) is 20.5. The quantitative estimate of drug-likeness (QED) is 0.848. The fourth-order valence-corrected chi connectivity index (χ4v) is 3.76. The highest BCUT2D eigenvalue weighted by Gasteiger charge is 2.30. The number of Topliss-reactive ketones (excluding diaryl/α,β-unsaturated/α-hetero) is 1. The first kappa shape index (κ1) is 15.2. The Morgan fingerprint density at radius 1 is 1.30 bits per heavy atom. The minimum atomic E-state index is -3.49. The first-order chi connectivity index (χ1) is 9.32. The maximum Gasteiger partial charge on any atom is 0.243 e. The molecule has 5 nitrogen and oxygen atoms in total. The third kappa shape index (κ3) is 2.92. The van der Waals surface area contributed by atoms with Crippen molar-refractivity contribution in [1.29, 1.82) is 0 Å². The maximum absolute atomic E-state index is 12.4. The van der Waals surface area contributed by atoms with Crippen molar-refractivity contribution in [3.05, 3.63) is 29.8 Å². The largest absolute Gasteiger partial charge is 0.326 e. The summed E-state index contributed by atoms with van der Waals surface area (Å²) in [6.07, 6.45) is 0.684. The highest BCUT2D eigenvalue weighted by atomic mass is 32.2. The molecular formula is C14H20N2O3S. The van der Waals surface area contributed by atoms with E-state index in [4.69, 9.17) is 5.73 Å². The predicted molar refractivity (Wildman–Crippen MR) is 77.0 cm³/mol. The number of nitrogens with zero attached hydrogens (tertiary/aromatic N) is 1. The molecule has 0 saturated carbocycles. The standard InChI is InChI=1S/C14H20N2O3S/c1-10(2)14(17)11-3-5-13(6-4-11)20(18,19)16-8-7-12(15)9-16/h3-6,10,12H,7-9,15H2,1-2H3/t12-/m0/s1. The van der Waals surface area contributed by atoms with Crippen LogP contribution in [0.4, 0.5) is 0 Å². The van der Waals surface area contributed by atoms with Gasteiger partial charge in [0.2, 0.25) is 10.0 Å². The van der Waals surface area contributed by atoms with Gasteiger partial charge in [0.05, 0.1) is 4.90 Å². The molecule has 1 atom stereocenters. The summed E-state index contributed by atoms with van der Waals surface area (Å²) in [6.45, 7) is 4.45. The molecule has 2 N–H and O–H groups in total. The zero-order valence-electron chi connectivity index (χ0n) is 11.7. The number of nitrogens with two attached hydrogens (primary N) is 1. The molecule has 0 amide bonds. The monoisotopic (exact) mass is 296 g/mol. The first-order valence-electron chi connectivity index (χ1n) is 6.72. The lowest BCUT2D eigenvalue weighted by Gasteiger charge is -2.16. The molecule has 0 spiro atoms. The molecule has 1 aromatic rings. The third-order valence-corrected chi connectivity index (χ3v) is 5.37. The van der Waals surface area contributed by atoms with Gasteiger partial charge >= 0.3 is 0 Å². The first-order valence-corrected chi connectivity index (χ1v) is 8.16. The molecule has 0 bridgehead atoms. The van der Waals surface area contributed by atoms with E-state index in [1.807, 2.05) is 13.8 Å². The van der Waals surface area contributed by atoms with Crippen molar-refractivity contribution in [3.8, 4) is 0 Å². The molecule has 1 aliphatic rings. The number of sulfonamides is 1. The second-order valence-electron chi connectivity index (χ2n) is 5.46. The van der Waals surface area contributed by atoms with Gasteiger partial charge in [-0.05, 0) is 18.6 Å². The Morgan fingerprint density at radius 3 is 2.35 bits per heavy atom. The molecule has 20 heavy (non-hydrogen) atoms. The van der Waals surface area contributed by atoms with Gasteiger partial charge in [0.25, 0.3) is 0 Å². The van der Waals surface area contributed by atoms with Crippen molar-refractivity contribution >= 4 is 15.8 Å². The minimum Gasteiger partial charge on any atom is -0.326 e. The Kier molecular flexibility index (Phi) is 4.27. The van der Waals surface area contributed by atoms with Crippen LogP contribution in [0.25, 0.3) is 0 Å². The Bertz CT molecular complexity index is 593. The van der Waals surface area contributed by atoms with Gasteiger partial charge in [0, 0.05) is 30.6 Å². The number of ketones is 1. The zero-order valence-corrected chi connectivity index (χ0v) is 12.6. The Labute approximate surface area is 119 Å². The lowest BCUT2D eigenvalue weighted by molar-refractivity contribution is 0.0939. The molecule has 1 heterocycles. The van der Waals surface area contributed by atoms with Gasteiger partial charge in [0.15, 0.2) is 5.78 Å². The number of benzene rings is 1. The molecule has 1 aromatic carbocycles. The summed E-state index contributed by atoms with van der Waals surface area (Å²) in [7, 11) is -3.49.